The molecule has 0 spiro atoms. The highest BCUT2D eigenvalue weighted by molar-refractivity contribution is 5.46. The van der Waals surface area contributed by atoms with Crippen molar-refractivity contribution in [1.29, 1.82) is 0 Å². The van der Waals surface area contributed by atoms with E-state index in [-0.39, 0.29) is 6.61 Å². The number of nitrogens with zero attached hydrogens (tertiary/aromatic N) is 2. The lowest BCUT2D eigenvalue weighted by Crippen LogP contribution is -2.19. The molecule has 0 saturated carbocycles. The van der Waals surface area contributed by atoms with Gasteiger partial charge in [-0.3, -0.25) is 9.78 Å². The first kappa shape index (κ1) is 19.7. The maximum Gasteiger partial charge on any atom is 0.209 e. The van der Waals surface area contributed by atoms with E-state index in [0.717, 1.165) is 17.0 Å². The number of rotatable bonds is 4. The lowest BCUT2D eigenvalue weighted by molar-refractivity contribution is -0.117. The van der Waals surface area contributed by atoms with E-state index in [1.807, 2.05) is 40.0 Å². The Bertz CT molecular complexity index is 343. The minimum atomic E-state index is 0.0369. The molecule has 0 unspecified atom stereocenters. The van der Waals surface area contributed by atoms with Crippen LogP contribution < -0.4 is 4.74 Å². The molecule has 19 heavy (non-hydrogen) atoms. The van der Waals surface area contributed by atoms with E-state index in [0.29, 0.717) is 13.0 Å². The largest absolute Gasteiger partial charge is 0.495 e. The zero-order valence-corrected chi connectivity index (χ0v) is 12.8. The minimum Gasteiger partial charge on any atom is -0.495 e. The molecule has 0 aliphatic carbocycles. The number of carbonyl (C=O) groups excluding carboxylic acids is 1. The Kier molecular flexibility index (Phi) is 13.3. The quantitative estimate of drug-likeness (QED) is 0.847. The van der Waals surface area contributed by atoms with Crippen LogP contribution in [0.3, 0.4) is 0 Å². The molecule has 0 atom stereocenters. The highest BCUT2D eigenvalue weighted by atomic mass is 16.5. The smallest absolute Gasteiger partial charge is 0.209 e. The number of hydrogen-bond acceptors (Lipinski definition) is 4. The van der Waals surface area contributed by atoms with Crippen molar-refractivity contribution in [2.75, 3.05) is 27.3 Å². The van der Waals surface area contributed by atoms with Gasteiger partial charge in [0.25, 0.3) is 0 Å². The fraction of sp³-hybridized carbons (Fsp3) is 0.571. The lowest BCUT2D eigenvalue weighted by Gasteiger charge is -2.04. The predicted octanol–water partition coefficient (Wildman–Crippen LogP) is 1.80. The topological polar surface area (TPSA) is 62.7 Å². The first-order chi connectivity index (χ1) is 9.04. The number of aliphatic hydroxyl groups is 1. The number of aromatic nitrogens is 1. The van der Waals surface area contributed by atoms with Crippen molar-refractivity contribution in [2.45, 2.75) is 27.7 Å². The molecule has 110 valence electrons. The third-order valence-electron chi connectivity index (χ3n) is 2.03. The summed E-state index contributed by atoms with van der Waals surface area (Å²) in [5, 5.41) is 8.17. The molecule has 0 fully saturated rings. The molecule has 0 aromatic carbocycles. The minimum absolute atomic E-state index is 0.0369. The van der Waals surface area contributed by atoms with Crippen molar-refractivity contribution in [3.05, 3.63) is 23.5 Å². The first-order valence-corrected chi connectivity index (χ1v) is 6.28. The van der Waals surface area contributed by atoms with Crippen molar-refractivity contribution in [2.24, 2.45) is 0 Å². The molecule has 0 radical (unpaired) electrons. The molecule has 0 aliphatic rings. The van der Waals surface area contributed by atoms with Crippen molar-refractivity contribution in [3.8, 4) is 5.75 Å². The van der Waals surface area contributed by atoms with Crippen LogP contribution in [-0.2, 0) is 4.79 Å². The molecular weight excluding hydrogens is 244 g/mol. The first-order valence-electron chi connectivity index (χ1n) is 6.28. The molecule has 1 amide bonds. The van der Waals surface area contributed by atoms with Crippen LogP contribution in [-0.4, -0.2) is 48.7 Å². The van der Waals surface area contributed by atoms with Crippen LogP contribution in [0.1, 0.15) is 25.1 Å². The van der Waals surface area contributed by atoms with Crippen molar-refractivity contribution >= 4 is 6.41 Å². The van der Waals surface area contributed by atoms with E-state index in [9.17, 15) is 4.79 Å². The van der Waals surface area contributed by atoms with E-state index in [1.54, 1.807) is 14.2 Å². The molecular formula is C14H26N2O3. The number of methoxy groups -OCH3 is 1. The molecule has 1 aromatic rings. The third-order valence-corrected chi connectivity index (χ3v) is 2.03. The van der Waals surface area contributed by atoms with Gasteiger partial charge in [-0.05, 0) is 25.5 Å². The molecule has 0 bridgehead atoms. The van der Waals surface area contributed by atoms with Crippen LogP contribution >= 0.6 is 0 Å². The van der Waals surface area contributed by atoms with Gasteiger partial charge in [0, 0.05) is 19.8 Å². The molecule has 0 aliphatic heterocycles. The van der Waals surface area contributed by atoms with Gasteiger partial charge in [-0.25, -0.2) is 0 Å². The normalized spacial score (nSPS) is 8.37. The summed E-state index contributed by atoms with van der Waals surface area (Å²) in [5.74, 6) is 0.861. The van der Waals surface area contributed by atoms with E-state index >= 15 is 0 Å². The van der Waals surface area contributed by atoms with Gasteiger partial charge in [-0.15, -0.1) is 0 Å². The Balaban J connectivity index is 0. The zero-order chi connectivity index (χ0) is 15.3. The van der Waals surface area contributed by atoms with Crippen LogP contribution in [0.15, 0.2) is 12.3 Å². The summed E-state index contributed by atoms with van der Waals surface area (Å²) in [5.41, 5.74) is 2.07. The molecule has 1 rings (SSSR count). The average Bonchev–Trinajstić information content (AvgIpc) is 2.44. The van der Waals surface area contributed by atoms with Gasteiger partial charge in [-0.1, -0.05) is 13.8 Å². The molecule has 5 heteroatoms. The summed E-state index contributed by atoms with van der Waals surface area (Å²) in [4.78, 5) is 15.2. The van der Waals surface area contributed by atoms with E-state index in [1.165, 1.54) is 4.90 Å². The van der Waals surface area contributed by atoms with Gasteiger partial charge in [0.1, 0.15) is 5.75 Å². The number of carbonyl (C=O) groups is 1. The Morgan fingerprint density at radius 3 is 2.32 bits per heavy atom. The summed E-state index contributed by atoms with van der Waals surface area (Å²) in [6, 6.07) is 1.97. The molecule has 1 heterocycles. The standard InChI is InChI=1S/C8H11NO.C4H9NO2.C2H6/c1-6-4-8(10-3)7(2)9-5-6;1-5(4-7)2-3-6;1-2/h4-5H,1-3H3;4,6H,2-3H2,1H3;1-2H3. The molecule has 1 aromatic heterocycles. The van der Waals surface area contributed by atoms with Gasteiger partial charge in [-0.2, -0.15) is 0 Å². The zero-order valence-electron chi connectivity index (χ0n) is 12.8. The molecule has 0 saturated heterocycles. The number of pyridine rings is 1. The van der Waals surface area contributed by atoms with Crippen LogP contribution in [0.25, 0.3) is 0 Å². The Hall–Kier alpha value is -1.62. The second-order valence-electron chi connectivity index (χ2n) is 3.61. The maximum absolute atomic E-state index is 9.71. The van der Waals surface area contributed by atoms with E-state index in [2.05, 4.69) is 4.98 Å². The second-order valence-corrected chi connectivity index (χ2v) is 3.61. The van der Waals surface area contributed by atoms with Crippen LogP contribution in [0, 0.1) is 13.8 Å². The van der Waals surface area contributed by atoms with Crippen LogP contribution in [0.2, 0.25) is 0 Å². The molecule has 1 N–H and O–H groups in total. The van der Waals surface area contributed by atoms with E-state index in [4.69, 9.17) is 9.84 Å². The number of aryl methyl sites for hydroxylation is 2. The fourth-order valence-corrected chi connectivity index (χ4v) is 1.03. The SMILES string of the molecule is CC.CN(C=O)CCO.COc1cc(C)cnc1C. The maximum atomic E-state index is 9.71. The number of likely N-dealkylation sites (N-methyl/N-ethyl adjacent to an activating group) is 1. The Morgan fingerprint density at radius 2 is 2.00 bits per heavy atom. The summed E-state index contributed by atoms with van der Waals surface area (Å²) in [6.45, 7) is 8.38. The van der Waals surface area contributed by atoms with Gasteiger partial charge >= 0.3 is 0 Å². The summed E-state index contributed by atoms with van der Waals surface area (Å²) in [6.07, 6.45) is 2.51. The lowest BCUT2D eigenvalue weighted by atomic mass is 10.2. The third kappa shape index (κ3) is 10.0. The second kappa shape index (κ2) is 12.8. The van der Waals surface area contributed by atoms with Crippen molar-refractivity contribution < 1.29 is 14.6 Å². The van der Waals surface area contributed by atoms with Crippen molar-refractivity contribution in [1.82, 2.24) is 9.88 Å². The van der Waals surface area contributed by atoms with Gasteiger partial charge < -0.3 is 14.7 Å². The van der Waals surface area contributed by atoms with Crippen LogP contribution in [0.5, 0.6) is 5.75 Å². The predicted molar refractivity (Wildman–Crippen MR) is 77.4 cm³/mol. The van der Waals surface area contributed by atoms with Crippen LogP contribution in [0.4, 0.5) is 0 Å². The summed E-state index contributed by atoms with van der Waals surface area (Å²) < 4.78 is 5.06. The number of hydrogen-bond donors (Lipinski definition) is 1. The Morgan fingerprint density at radius 1 is 1.42 bits per heavy atom. The Labute approximate surface area is 116 Å². The highest BCUT2D eigenvalue weighted by Gasteiger charge is 1.96. The fourth-order valence-electron chi connectivity index (χ4n) is 1.03. The number of ether oxygens (including phenoxy) is 1. The van der Waals surface area contributed by atoms with Crippen molar-refractivity contribution in [3.63, 3.8) is 0 Å². The average molecular weight is 270 g/mol. The summed E-state index contributed by atoms with van der Waals surface area (Å²) >= 11 is 0. The van der Waals surface area contributed by atoms with Gasteiger partial charge in [0.05, 0.1) is 19.4 Å². The summed E-state index contributed by atoms with van der Waals surface area (Å²) in [7, 11) is 3.27. The highest BCUT2D eigenvalue weighted by Crippen LogP contribution is 2.14. The monoisotopic (exact) mass is 270 g/mol. The van der Waals surface area contributed by atoms with Gasteiger partial charge in [0.15, 0.2) is 0 Å². The van der Waals surface area contributed by atoms with Gasteiger partial charge in [0.2, 0.25) is 6.41 Å². The number of amides is 1. The number of aliphatic hydroxyl groups excluding tert-OH is 1. The van der Waals surface area contributed by atoms with E-state index < -0.39 is 0 Å². The molecule has 5 nitrogen and oxygen atoms in total.